The second-order valence-electron chi connectivity index (χ2n) is 1.52. The van der Waals surface area contributed by atoms with Crippen molar-refractivity contribution in [2.75, 3.05) is 6.61 Å². The first-order valence-electron chi connectivity index (χ1n) is 2.18. The lowest BCUT2D eigenvalue weighted by molar-refractivity contribution is -0.185. The van der Waals surface area contributed by atoms with Crippen LogP contribution in [0, 0.1) is 0 Å². The second-order valence-corrected chi connectivity index (χ2v) is 1.52. The van der Waals surface area contributed by atoms with Crippen LogP contribution in [0.4, 0.5) is 0 Å². The van der Waals surface area contributed by atoms with Gasteiger partial charge in [-0.2, -0.15) is 0 Å². The highest BCUT2D eigenvalue weighted by Gasteiger charge is 2.15. The molecule has 3 heteroatoms. The van der Waals surface area contributed by atoms with E-state index in [-0.39, 0.29) is 0 Å². The van der Waals surface area contributed by atoms with Gasteiger partial charge in [-0.25, -0.2) is 0 Å². The van der Waals surface area contributed by atoms with Crippen molar-refractivity contribution in [2.45, 2.75) is 13.1 Å². The quantitative estimate of drug-likeness (QED) is 0.317. The fraction of sp³-hybridized carbons (Fsp3) is 1.00. The average Bonchev–Trinajstić information content (AvgIpc) is 1.86. The van der Waals surface area contributed by atoms with Crippen molar-refractivity contribution in [1.29, 1.82) is 0 Å². The summed E-state index contributed by atoms with van der Waals surface area (Å²) >= 11 is 0. The van der Waals surface area contributed by atoms with E-state index in [0.717, 1.165) is 12.9 Å². The van der Waals surface area contributed by atoms with Gasteiger partial charge >= 0.3 is 6.92 Å². The maximum atomic E-state index is 4.65. The van der Waals surface area contributed by atoms with E-state index >= 15 is 0 Å². The van der Waals surface area contributed by atoms with Crippen LogP contribution >= 0.6 is 0 Å². The molecule has 0 aliphatic carbocycles. The Balaban J connectivity index is 2.18. The first-order chi connectivity index (χ1) is 2.89. The average molecular weight is 85.9 g/mol. The van der Waals surface area contributed by atoms with Crippen LogP contribution in [0.5, 0.6) is 0 Å². The summed E-state index contributed by atoms with van der Waals surface area (Å²) in [5.74, 6) is 0. The Hall–Kier alpha value is -0.0151. The van der Waals surface area contributed by atoms with Crippen molar-refractivity contribution in [3.8, 4) is 0 Å². The van der Waals surface area contributed by atoms with Crippen LogP contribution in [-0.4, -0.2) is 13.5 Å². The highest BCUT2D eigenvalue weighted by atomic mass is 17.2. The molecule has 0 saturated carbocycles. The molecule has 1 aliphatic rings. The van der Waals surface area contributed by atoms with Crippen LogP contribution < -0.4 is 0 Å². The molecule has 2 nitrogen and oxygen atoms in total. The third-order valence-electron chi connectivity index (χ3n) is 0.840. The van der Waals surface area contributed by atoms with Gasteiger partial charge in [0.1, 0.15) is 0 Å². The zero-order valence-corrected chi connectivity index (χ0v) is 3.81. The predicted octanol–water partition coefficient (Wildman–Crippen LogP) is 0.569. The van der Waals surface area contributed by atoms with Crippen molar-refractivity contribution in [1.82, 2.24) is 0 Å². The molecule has 1 aliphatic heterocycles. The van der Waals surface area contributed by atoms with Gasteiger partial charge in [-0.3, -0.25) is 4.89 Å². The van der Waals surface area contributed by atoms with Crippen LogP contribution in [0.3, 0.4) is 0 Å². The highest BCUT2D eigenvalue weighted by Crippen LogP contribution is 2.03. The number of hydrogen-bond donors (Lipinski definition) is 0. The van der Waals surface area contributed by atoms with E-state index in [9.17, 15) is 0 Å². The minimum Gasteiger partial charge on any atom is -0.305 e. The first kappa shape index (κ1) is 4.15. The summed E-state index contributed by atoms with van der Waals surface area (Å²) in [6, 6.07) is 0. The van der Waals surface area contributed by atoms with Crippen LogP contribution in [0.1, 0.15) is 0 Å². The maximum absolute atomic E-state index is 4.65. The van der Waals surface area contributed by atoms with E-state index in [1.165, 1.54) is 0 Å². The molecule has 0 N–H and O–H groups in total. The lowest BCUT2D eigenvalue weighted by Crippen LogP contribution is -2.00. The summed E-state index contributed by atoms with van der Waals surface area (Å²) in [5, 5.41) is 0. The van der Waals surface area contributed by atoms with E-state index in [1.807, 2.05) is 6.82 Å². The molecule has 0 radical (unpaired) electrons. The molecule has 0 atom stereocenters. The molecule has 0 aromatic heterocycles. The van der Waals surface area contributed by atoms with Crippen LogP contribution in [-0.2, 0) is 9.69 Å². The standard InChI is InChI=1S/C3H7BO2/c1-4-2-3-5-6-4/h2-3H2,1H3. The van der Waals surface area contributed by atoms with Crippen molar-refractivity contribution in [3.63, 3.8) is 0 Å². The molecule has 34 valence electrons. The molecule has 1 rings (SSSR count). The van der Waals surface area contributed by atoms with Gasteiger partial charge < -0.3 is 4.81 Å². The van der Waals surface area contributed by atoms with Crippen LogP contribution in [0.15, 0.2) is 0 Å². The fourth-order valence-corrected chi connectivity index (χ4v) is 0.426. The maximum Gasteiger partial charge on any atom is 0.339 e. The minimum absolute atomic E-state index is 0.324. The van der Waals surface area contributed by atoms with Gasteiger partial charge in [-0.05, 0) is 6.32 Å². The Morgan fingerprint density at radius 3 is 2.67 bits per heavy atom. The number of rotatable bonds is 0. The third-order valence-corrected chi connectivity index (χ3v) is 0.840. The Morgan fingerprint density at radius 2 is 2.50 bits per heavy atom. The van der Waals surface area contributed by atoms with Gasteiger partial charge in [0.15, 0.2) is 0 Å². The Labute approximate surface area is 37.5 Å². The molecule has 0 amide bonds. The molecule has 1 saturated heterocycles. The van der Waals surface area contributed by atoms with E-state index in [0.29, 0.717) is 6.92 Å². The minimum atomic E-state index is 0.324. The summed E-state index contributed by atoms with van der Waals surface area (Å²) in [7, 11) is 0. The molecular weight excluding hydrogens is 78.8 g/mol. The normalized spacial score (nSPS) is 22.5. The van der Waals surface area contributed by atoms with Gasteiger partial charge in [0.25, 0.3) is 0 Å². The lowest BCUT2D eigenvalue weighted by Gasteiger charge is -1.86. The zero-order valence-electron chi connectivity index (χ0n) is 3.81. The monoisotopic (exact) mass is 86.1 g/mol. The van der Waals surface area contributed by atoms with Crippen molar-refractivity contribution < 1.29 is 9.69 Å². The SMILES string of the molecule is CB1CCOO1. The topological polar surface area (TPSA) is 18.5 Å². The zero-order chi connectivity index (χ0) is 4.41. The highest BCUT2D eigenvalue weighted by molar-refractivity contribution is 6.50. The van der Waals surface area contributed by atoms with Gasteiger partial charge in [0.05, 0.1) is 6.61 Å². The molecule has 1 fully saturated rings. The van der Waals surface area contributed by atoms with Gasteiger partial charge in [-0.15, -0.1) is 0 Å². The third kappa shape index (κ3) is 0.728. The van der Waals surface area contributed by atoms with Gasteiger partial charge in [0, 0.05) is 0 Å². The fourth-order valence-electron chi connectivity index (χ4n) is 0.426. The summed E-state index contributed by atoms with van der Waals surface area (Å²) in [5.41, 5.74) is 0. The van der Waals surface area contributed by atoms with Crippen molar-refractivity contribution >= 4 is 6.92 Å². The molecule has 1 heterocycles. The predicted molar refractivity (Wildman–Crippen MR) is 23.5 cm³/mol. The van der Waals surface area contributed by atoms with Crippen LogP contribution in [0.25, 0.3) is 0 Å². The molecule has 0 bridgehead atoms. The Bertz CT molecular complexity index is 42.1. The van der Waals surface area contributed by atoms with Crippen molar-refractivity contribution in [2.24, 2.45) is 0 Å². The van der Waals surface area contributed by atoms with Crippen molar-refractivity contribution in [3.05, 3.63) is 0 Å². The van der Waals surface area contributed by atoms with E-state index in [4.69, 9.17) is 0 Å². The summed E-state index contributed by atoms with van der Waals surface area (Å²) in [4.78, 5) is 9.21. The molecular formula is C3H7BO2. The lowest BCUT2D eigenvalue weighted by atomic mass is 9.69. The molecule has 6 heavy (non-hydrogen) atoms. The van der Waals surface area contributed by atoms with Crippen LogP contribution in [0.2, 0.25) is 13.1 Å². The summed E-state index contributed by atoms with van der Waals surface area (Å²) in [6.07, 6.45) is 1.04. The van der Waals surface area contributed by atoms with Gasteiger partial charge in [-0.1, -0.05) is 6.82 Å². The molecule has 0 spiro atoms. The molecule has 0 unspecified atom stereocenters. The largest absolute Gasteiger partial charge is 0.339 e. The molecule has 0 aromatic carbocycles. The number of hydrogen-bond acceptors (Lipinski definition) is 2. The summed E-state index contributed by atoms with van der Waals surface area (Å²) in [6.45, 7) is 3.08. The molecule has 0 aromatic rings. The van der Waals surface area contributed by atoms with E-state index < -0.39 is 0 Å². The smallest absolute Gasteiger partial charge is 0.305 e. The second kappa shape index (κ2) is 1.62. The summed E-state index contributed by atoms with van der Waals surface area (Å²) < 4.78 is 0. The first-order valence-corrected chi connectivity index (χ1v) is 2.18. The Morgan fingerprint density at radius 1 is 1.67 bits per heavy atom. The van der Waals surface area contributed by atoms with E-state index in [2.05, 4.69) is 9.69 Å². The Kier molecular flexibility index (Phi) is 1.12. The van der Waals surface area contributed by atoms with E-state index in [1.54, 1.807) is 0 Å². The van der Waals surface area contributed by atoms with Gasteiger partial charge in [0.2, 0.25) is 0 Å².